The van der Waals surface area contributed by atoms with E-state index in [4.69, 9.17) is 4.74 Å². The Balaban J connectivity index is 2.12. The highest BCUT2D eigenvalue weighted by atomic mass is 79.9. The minimum absolute atomic E-state index is 0.232. The van der Waals surface area contributed by atoms with Crippen molar-refractivity contribution in [3.05, 3.63) is 44.6 Å². The molecule has 1 aromatic carbocycles. The van der Waals surface area contributed by atoms with E-state index >= 15 is 0 Å². The maximum Gasteiger partial charge on any atom is 0.242 e. The summed E-state index contributed by atoms with van der Waals surface area (Å²) >= 11 is 4.71. The lowest BCUT2D eigenvalue weighted by atomic mass is 10.2. The zero-order valence-electron chi connectivity index (χ0n) is 11.7. The third-order valence-electron chi connectivity index (χ3n) is 2.81. The molecule has 0 spiro atoms. The van der Waals surface area contributed by atoms with Gasteiger partial charge >= 0.3 is 0 Å². The Morgan fingerprint density at radius 3 is 2.71 bits per heavy atom. The van der Waals surface area contributed by atoms with E-state index in [0.717, 1.165) is 20.0 Å². The van der Waals surface area contributed by atoms with E-state index in [2.05, 4.69) is 20.7 Å². The smallest absolute Gasteiger partial charge is 0.242 e. The number of aryl methyl sites for hydroxylation is 1. The molecule has 2 aromatic rings. The molecule has 114 valence electrons. The molecule has 0 saturated heterocycles. The van der Waals surface area contributed by atoms with Crippen LogP contribution in [-0.4, -0.2) is 15.0 Å². The van der Waals surface area contributed by atoms with Crippen LogP contribution in [0.3, 0.4) is 0 Å². The molecule has 2 rings (SSSR count). The molecule has 7 heteroatoms. The number of hydrogen-bond donors (Lipinski definition) is 1. The SMILES string of the molecule is CCOc1cccc(CNS(=O)(=O)c2cc(Br)sc2C)c1. The predicted octanol–water partition coefficient (Wildman–Crippen LogP) is 3.70. The van der Waals surface area contributed by atoms with Crippen LogP contribution in [-0.2, 0) is 16.6 Å². The summed E-state index contributed by atoms with van der Waals surface area (Å²) in [6.45, 7) is 4.51. The maximum atomic E-state index is 12.3. The molecule has 0 aliphatic heterocycles. The van der Waals surface area contributed by atoms with Crippen molar-refractivity contribution in [2.45, 2.75) is 25.3 Å². The molecule has 0 amide bonds. The standard InChI is InChI=1S/C14H16BrNO3S2/c1-3-19-12-6-4-5-11(7-12)9-16-21(17,18)13-8-14(15)20-10(13)2/h4-8,16H,3,9H2,1-2H3. The first-order valence-corrected chi connectivity index (χ1v) is 9.49. The van der Waals surface area contributed by atoms with Gasteiger partial charge in [0, 0.05) is 11.4 Å². The zero-order valence-corrected chi connectivity index (χ0v) is 14.9. The number of benzene rings is 1. The Morgan fingerprint density at radius 1 is 1.33 bits per heavy atom. The van der Waals surface area contributed by atoms with Gasteiger partial charge in [0.2, 0.25) is 10.0 Å². The van der Waals surface area contributed by atoms with Crippen LogP contribution >= 0.6 is 27.3 Å². The average molecular weight is 390 g/mol. The summed E-state index contributed by atoms with van der Waals surface area (Å²) in [5, 5.41) is 0. The van der Waals surface area contributed by atoms with Gasteiger partial charge in [0.05, 0.1) is 15.3 Å². The third kappa shape index (κ3) is 4.29. The molecule has 0 atom stereocenters. The van der Waals surface area contributed by atoms with Crippen molar-refractivity contribution in [3.63, 3.8) is 0 Å². The van der Waals surface area contributed by atoms with Gasteiger partial charge in [0.25, 0.3) is 0 Å². The van der Waals surface area contributed by atoms with Gasteiger partial charge in [-0.2, -0.15) is 0 Å². The van der Waals surface area contributed by atoms with Crippen molar-refractivity contribution in [2.24, 2.45) is 0 Å². The molecular weight excluding hydrogens is 374 g/mol. The summed E-state index contributed by atoms with van der Waals surface area (Å²) in [6, 6.07) is 9.02. The summed E-state index contributed by atoms with van der Waals surface area (Å²) in [7, 11) is -3.50. The van der Waals surface area contributed by atoms with Crippen molar-refractivity contribution in [3.8, 4) is 5.75 Å². The van der Waals surface area contributed by atoms with Crippen LogP contribution in [0, 0.1) is 6.92 Å². The van der Waals surface area contributed by atoms with Crippen molar-refractivity contribution in [1.29, 1.82) is 0 Å². The Kier molecular flexibility index (Phi) is 5.43. The second-order valence-electron chi connectivity index (χ2n) is 4.38. The normalized spacial score (nSPS) is 11.6. The molecule has 1 N–H and O–H groups in total. The van der Waals surface area contributed by atoms with E-state index in [1.165, 1.54) is 11.3 Å². The van der Waals surface area contributed by atoms with Crippen LogP contribution in [0.15, 0.2) is 39.0 Å². The van der Waals surface area contributed by atoms with Crippen LogP contribution < -0.4 is 9.46 Å². The van der Waals surface area contributed by atoms with Gasteiger partial charge in [-0.05, 0) is 53.5 Å². The van der Waals surface area contributed by atoms with Crippen LogP contribution in [0.5, 0.6) is 5.75 Å². The number of rotatable bonds is 6. The minimum Gasteiger partial charge on any atom is -0.494 e. The first-order valence-electron chi connectivity index (χ1n) is 6.39. The molecule has 0 saturated carbocycles. The second kappa shape index (κ2) is 6.91. The van der Waals surface area contributed by atoms with Crippen molar-refractivity contribution in [1.82, 2.24) is 4.72 Å². The van der Waals surface area contributed by atoms with Crippen LogP contribution in [0.25, 0.3) is 0 Å². The topological polar surface area (TPSA) is 55.4 Å². The number of nitrogens with one attached hydrogen (secondary N) is 1. The highest BCUT2D eigenvalue weighted by Gasteiger charge is 2.19. The van der Waals surface area contributed by atoms with Gasteiger partial charge in [0.15, 0.2) is 0 Å². The van der Waals surface area contributed by atoms with Crippen LogP contribution in [0.2, 0.25) is 0 Å². The molecule has 0 aliphatic carbocycles. The van der Waals surface area contributed by atoms with Crippen molar-refractivity contribution < 1.29 is 13.2 Å². The molecule has 21 heavy (non-hydrogen) atoms. The molecule has 1 aromatic heterocycles. The summed E-state index contributed by atoms with van der Waals surface area (Å²) in [5.74, 6) is 0.739. The van der Waals surface area contributed by atoms with E-state index < -0.39 is 10.0 Å². The fourth-order valence-corrected chi connectivity index (χ4v) is 5.30. The maximum absolute atomic E-state index is 12.3. The lowest BCUT2D eigenvalue weighted by Gasteiger charge is -2.08. The first kappa shape index (κ1) is 16.5. The molecule has 0 unspecified atom stereocenters. The van der Waals surface area contributed by atoms with E-state index in [1.807, 2.05) is 31.2 Å². The monoisotopic (exact) mass is 389 g/mol. The summed E-state index contributed by atoms with van der Waals surface area (Å²) in [6.07, 6.45) is 0. The zero-order chi connectivity index (χ0) is 15.5. The molecule has 4 nitrogen and oxygen atoms in total. The molecule has 0 bridgehead atoms. The Hall–Kier alpha value is -0.890. The first-order chi connectivity index (χ1) is 9.92. The lowest BCUT2D eigenvalue weighted by molar-refractivity contribution is 0.340. The van der Waals surface area contributed by atoms with Crippen molar-refractivity contribution >= 4 is 37.3 Å². The van der Waals surface area contributed by atoms with Gasteiger partial charge in [-0.25, -0.2) is 13.1 Å². The average Bonchev–Trinajstić information content (AvgIpc) is 2.77. The van der Waals surface area contributed by atoms with Gasteiger partial charge in [-0.1, -0.05) is 12.1 Å². The number of hydrogen-bond acceptors (Lipinski definition) is 4. The number of thiophene rings is 1. The number of sulfonamides is 1. The van der Waals surface area contributed by atoms with Crippen LogP contribution in [0.1, 0.15) is 17.4 Å². The predicted molar refractivity (Wildman–Crippen MR) is 88.4 cm³/mol. The van der Waals surface area contributed by atoms with Gasteiger partial charge < -0.3 is 4.74 Å². The fourth-order valence-electron chi connectivity index (χ4n) is 1.87. The van der Waals surface area contributed by atoms with E-state index in [9.17, 15) is 8.42 Å². The molecular formula is C14H16BrNO3S2. The van der Waals surface area contributed by atoms with Gasteiger partial charge in [-0.3, -0.25) is 0 Å². The second-order valence-corrected chi connectivity index (χ2v) is 8.75. The van der Waals surface area contributed by atoms with Gasteiger partial charge in [-0.15, -0.1) is 11.3 Å². The summed E-state index contributed by atoms with van der Waals surface area (Å²) < 4.78 is 33.4. The molecule has 0 aliphatic rings. The lowest BCUT2D eigenvalue weighted by Crippen LogP contribution is -2.23. The fraction of sp³-hybridized carbons (Fsp3) is 0.286. The van der Waals surface area contributed by atoms with E-state index in [1.54, 1.807) is 13.0 Å². The number of halogens is 1. The third-order valence-corrected chi connectivity index (χ3v) is 6.02. The molecule has 0 fully saturated rings. The van der Waals surface area contributed by atoms with Crippen molar-refractivity contribution in [2.75, 3.05) is 6.61 Å². The summed E-state index contributed by atoms with van der Waals surface area (Å²) in [5.41, 5.74) is 0.858. The number of ether oxygens (including phenoxy) is 1. The van der Waals surface area contributed by atoms with Crippen LogP contribution in [0.4, 0.5) is 0 Å². The largest absolute Gasteiger partial charge is 0.494 e. The van der Waals surface area contributed by atoms with Gasteiger partial charge in [0.1, 0.15) is 5.75 Å². The summed E-state index contributed by atoms with van der Waals surface area (Å²) in [4.78, 5) is 1.08. The molecule has 0 radical (unpaired) electrons. The highest BCUT2D eigenvalue weighted by molar-refractivity contribution is 9.11. The Labute approximate surface area is 137 Å². The minimum atomic E-state index is -3.50. The Morgan fingerprint density at radius 2 is 2.10 bits per heavy atom. The quantitative estimate of drug-likeness (QED) is 0.819. The van der Waals surface area contributed by atoms with E-state index in [-0.39, 0.29) is 6.54 Å². The molecule has 1 heterocycles. The van der Waals surface area contributed by atoms with E-state index in [0.29, 0.717) is 11.5 Å². The Bertz CT molecular complexity index is 726. The highest BCUT2D eigenvalue weighted by Crippen LogP contribution is 2.29.